The number of hydrogen-bond donors (Lipinski definition) is 0. The van der Waals surface area contributed by atoms with Gasteiger partial charge in [-0.25, -0.2) is 4.39 Å². The van der Waals surface area contributed by atoms with E-state index < -0.39 is 28.7 Å². The van der Waals surface area contributed by atoms with Crippen molar-refractivity contribution in [3.05, 3.63) is 35.1 Å². The molecule has 0 N–H and O–H groups in total. The van der Waals surface area contributed by atoms with Gasteiger partial charge in [0.15, 0.2) is 5.78 Å². The molecule has 1 unspecified atom stereocenters. The molecule has 0 saturated heterocycles. The summed E-state index contributed by atoms with van der Waals surface area (Å²) in [5, 5.41) is -0.997. The second-order valence-electron chi connectivity index (χ2n) is 3.21. The van der Waals surface area contributed by atoms with Gasteiger partial charge in [-0.1, -0.05) is 0 Å². The molecule has 6 heteroatoms. The van der Waals surface area contributed by atoms with Crippen LogP contribution in [0.1, 0.15) is 22.8 Å². The number of benzene rings is 1. The van der Waals surface area contributed by atoms with Gasteiger partial charge in [0, 0.05) is 5.56 Å². The molecule has 0 radical (unpaired) electrons. The lowest BCUT2D eigenvalue weighted by Crippen LogP contribution is -2.13. The number of hydrogen-bond acceptors (Lipinski definition) is 1. The molecule has 1 aromatic carbocycles. The second kappa shape index (κ2) is 4.41. The Bertz CT molecular complexity index is 412. The van der Waals surface area contributed by atoms with Gasteiger partial charge in [-0.05, 0) is 25.1 Å². The Morgan fingerprint density at radius 2 is 1.88 bits per heavy atom. The summed E-state index contributed by atoms with van der Waals surface area (Å²) in [5.74, 6) is -1.86. The maximum absolute atomic E-state index is 12.9. The van der Waals surface area contributed by atoms with Gasteiger partial charge in [0.25, 0.3) is 0 Å². The van der Waals surface area contributed by atoms with E-state index in [2.05, 4.69) is 0 Å². The van der Waals surface area contributed by atoms with Crippen LogP contribution in [0.25, 0.3) is 0 Å². The average Bonchev–Trinajstić information content (AvgIpc) is 2.14. The number of Topliss-reactive ketones (excluding diaryl/α,β-unsaturated/α-hetero) is 1. The molecule has 0 heterocycles. The Balaban J connectivity index is 3.24. The SMILES string of the molecule is CC(Cl)C(=O)c1cc(F)cc(C(F)(F)F)c1. The van der Waals surface area contributed by atoms with Gasteiger partial charge in [0.2, 0.25) is 0 Å². The molecular formula is C10H7ClF4O. The van der Waals surface area contributed by atoms with Crippen molar-refractivity contribution < 1.29 is 22.4 Å². The number of carbonyl (C=O) groups excluding carboxylic acids is 1. The Morgan fingerprint density at radius 3 is 2.31 bits per heavy atom. The fourth-order valence-corrected chi connectivity index (χ4v) is 1.25. The Kier molecular flexibility index (Phi) is 3.57. The summed E-state index contributed by atoms with van der Waals surface area (Å²) in [6, 6.07) is 1.65. The molecule has 0 aliphatic carbocycles. The molecular weight excluding hydrogens is 248 g/mol. The van der Waals surface area contributed by atoms with E-state index in [9.17, 15) is 22.4 Å². The number of carbonyl (C=O) groups is 1. The molecule has 1 rings (SSSR count). The van der Waals surface area contributed by atoms with Crippen molar-refractivity contribution in [1.82, 2.24) is 0 Å². The summed E-state index contributed by atoms with van der Waals surface area (Å²) in [7, 11) is 0. The molecule has 0 fully saturated rings. The fraction of sp³-hybridized carbons (Fsp3) is 0.300. The van der Waals surface area contributed by atoms with E-state index in [0.717, 1.165) is 6.07 Å². The van der Waals surface area contributed by atoms with Crippen LogP contribution in [0.4, 0.5) is 17.6 Å². The van der Waals surface area contributed by atoms with Crippen molar-refractivity contribution >= 4 is 17.4 Å². The van der Waals surface area contributed by atoms with Crippen LogP contribution in [0.15, 0.2) is 18.2 Å². The van der Waals surface area contributed by atoms with Crippen LogP contribution in [0.3, 0.4) is 0 Å². The third kappa shape index (κ3) is 2.95. The topological polar surface area (TPSA) is 17.1 Å². The first-order valence-corrected chi connectivity index (χ1v) is 4.71. The first kappa shape index (κ1) is 13.0. The predicted octanol–water partition coefficient (Wildman–Crippen LogP) is 3.65. The van der Waals surface area contributed by atoms with E-state index in [1.54, 1.807) is 0 Å². The fourth-order valence-electron chi connectivity index (χ4n) is 1.13. The van der Waals surface area contributed by atoms with Crippen molar-refractivity contribution in [2.75, 3.05) is 0 Å². The largest absolute Gasteiger partial charge is 0.416 e. The molecule has 0 spiro atoms. The maximum atomic E-state index is 12.9. The first-order chi connectivity index (χ1) is 7.21. The summed E-state index contributed by atoms with van der Waals surface area (Å²) in [6.45, 7) is 1.31. The molecule has 0 bridgehead atoms. The standard InChI is InChI=1S/C10H7ClF4O/c1-5(11)9(16)6-2-7(10(13,14)15)4-8(12)3-6/h2-5H,1H3. The number of alkyl halides is 4. The van der Waals surface area contributed by atoms with E-state index in [0.29, 0.717) is 12.1 Å². The third-order valence-electron chi connectivity index (χ3n) is 1.87. The predicted molar refractivity (Wildman–Crippen MR) is 51.0 cm³/mol. The molecule has 0 aliphatic heterocycles. The molecule has 1 nitrogen and oxygen atoms in total. The molecule has 0 aromatic heterocycles. The van der Waals surface area contributed by atoms with E-state index in [1.165, 1.54) is 6.92 Å². The summed E-state index contributed by atoms with van der Waals surface area (Å²) in [6.07, 6.45) is -4.69. The van der Waals surface area contributed by atoms with Gasteiger partial charge >= 0.3 is 6.18 Å². The number of halogens is 5. The Labute approximate surface area is 94.0 Å². The minimum absolute atomic E-state index is 0.329. The van der Waals surface area contributed by atoms with Crippen molar-refractivity contribution in [2.24, 2.45) is 0 Å². The van der Waals surface area contributed by atoms with Crippen LogP contribution >= 0.6 is 11.6 Å². The first-order valence-electron chi connectivity index (χ1n) is 4.28. The van der Waals surface area contributed by atoms with E-state index in [4.69, 9.17) is 11.6 Å². The minimum Gasteiger partial charge on any atom is -0.293 e. The maximum Gasteiger partial charge on any atom is 0.416 e. The normalized spacial score (nSPS) is 13.6. The Morgan fingerprint density at radius 1 is 1.31 bits per heavy atom. The van der Waals surface area contributed by atoms with Crippen molar-refractivity contribution in [1.29, 1.82) is 0 Å². The highest BCUT2D eigenvalue weighted by atomic mass is 35.5. The van der Waals surface area contributed by atoms with Crippen molar-refractivity contribution in [3.63, 3.8) is 0 Å². The average molecular weight is 255 g/mol. The van der Waals surface area contributed by atoms with Crippen LogP contribution < -0.4 is 0 Å². The van der Waals surface area contributed by atoms with Crippen LogP contribution in [0, 0.1) is 5.82 Å². The van der Waals surface area contributed by atoms with Crippen LogP contribution in [0.5, 0.6) is 0 Å². The lowest BCUT2D eigenvalue weighted by atomic mass is 10.0. The zero-order valence-electron chi connectivity index (χ0n) is 8.11. The molecule has 1 aromatic rings. The summed E-state index contributed by atoms with van der Waals surface area (Å²) in [5.41, 5.74) is -1.58. The second-order valence-corrected chi connectivity index (χ2v) is 3.86. The van der Waals surface area contributed by atoms with Crippen molar-refractivity contribution in [3.8, 4) is 0 Å². The molecule has 0 saturated carbocycles. The molecule has 0 aliphatic rings. The molecule has 88 valence electrons. The number of rotatable bonds is 2. The summed E-state index contributed by atoms with van der Waals surface area (Å²) in [4.78, 5) is 11.3. The van der Waals surface area contributed by atoms with Crippen molar-refractivity contribution in [2.45, 2.75) is 18.5 Å². The lowest BCUT2D eigenvalue weighted by molar-refractivity contribution is -0.137. The molecule has 1 atom stereocenters. The third-order valence-corrected chi connectivity index (χ3v) is 2.07. The lowest BCUT2D eigenvalue weighted by Gasteiger charge is -2.09. The quantitative estimate of drug-likeness (QED) is 0.447. The highest BCUT2D eigenvalue weighted by molar-refractivity contribution is 6.33. The summed E-state index contributed by atoms with van der Waals surface area (Å²) >= 11 is 5.43. The van der Waals surface area contributed by atoms with Gasteiger partial charge < -0.3 is 0 Å². The molecule has 0 amide bonds. The van der Waals surface area contributed by atoms with E-state index in [1.807, 2.05) is 0 Å². The highest BCUT2D eigenvalue weighted by Crippen LogP contribution is 2.30. The van der Waals surface area contributed by atoms with Gasteiger partial charge in [-0.3, -0.25) is 4.79 Å². The van der Waals surface area contributed by atoms with Gasteiger partial charge in [-0.15, -0.1) is 11.6 Å². The van der Waals surface area contributed by atoms with Gasteiger partial charge in [0.1, 0.15) is 5.82 Å². The Hall–Kier alpha value is -1.10. The van der Waals surface area contributed by atoms with Crippen LogP contribution in [0.2, 0.25) is 0 Å². The monoisotopic (exact) mass is 254 g/mol. The van der Waals surface area contributed by atoms with Gasteiger partial charge in [0.05, 0.1) is 10.9 Å². The highest BCUT2D eigenvalue weighted by Gasteiger charge is 2.32. The van der Waals surface area contributed by atoms with E-state index in [-0.39, 0.29) is 5.56 Å². The smallest absolute Gasteiger partial charge is 0.293 e. The zero-order valence-corrected chi connectivity index (χ0v) is 8.86. The summed E-state index contributed by atoms with van der Waals surface area (Å²) < 4.78 is 49.8. The number of ketones is 1. The minimum atomic E-state index is -4.69. The van der Waals surface area contributed by atoms with Gasteiger partial charge in [-0.2, -0.15) is 13.2 Å². The zero-order chi connectivity index (χ0) is 12.5. The molecule has 16 heavy (non-hydrogen) atoms. The van der Waals surface area contributed by atoms with Crippen LogP contribution in [-0.4, -0.2) is 11.2 Å². The van der Waals surface area contributed by atoms with E-state index >= 15 is 0 Å². The van der Waals surface area contributed by atoms with Crippen LogP contribution in [-0.2, 0) is 6.18 Å².